The van der Waals surface area contributed by atoms with Crippen molar-refractivity contribution in [3.8, 4) is 0 Å². The summed E-state index contributed by atoms with van der Waals surface area (Å²) >= 11 is 0. The molecule has 1 amide bonds. The Kier molecular flexibility index (Phi) is 3.71. The van der Waals surface area contributed by atoms with E-state index >= 15 is 0 Å². The van der Waals surface area contributed by atoms with E-state index in [2.05, 4.69) is 10.3 Å². The van der Waals surface area contributed by atoms with Gasteiger partial charge in [0.15, 0.2) is 5.96 Å². The summed E-state index contributed by atoms with van der Waals surface area (Å²) < 4.78 is 0. The Labute approximate surface area is 78.6 Å². The van der Waals surface area contributed by atoms with E-state index in [9.17, 15) is 4.79 Å². The second-order valence-corrected chi connectivity index (χ2v) is 3.97. The van der Waals surface area contributed by atoms with Crippen LogP contribution in [0.25, 0.3) is 0 Å². The van der Waals surface area contributed by atoms with Crippen LogP contribution >= 0.6 is 0 Å². The fourth-order valence-corrected chi connectivity index (χ4v) is 0.689. The first kappa shape index (κ1) is 11.7. The highest BCUT2D eigenvalue weighted by Crippen LogP contribution is 1.97. The number of aliphatic imine (C=N–C) groups is 1. The molecule has 0 radical (unpaired) electrons. The molecule has 0 heterocycles. The van der Waals surface area contributed by atoms with Crippen LogP contribution in [-0.4, -0.2) is 23.4 Å². The lowest BCUT2D eigenvalue weighted by Crippen LogP contribution is -2.46. The number of primary amides is 1. The number of nitrogens with zero attached hydrogens (tertiary/aromatic N) is 1. The Morgan fingerprint density at radius 1 is 1.38 bits per heavy atom. The van der Waals surface area contributed by atoms with Crippen LogP contribution in [0.2, 0.25) is 0 Å². The summed E-state index contributed by atoms with van der Waals surface area (Å²) in [6.07, 6.45) is 0. The minimum absolute atomic E-state index is 0.162. The molecule has 0 fully saturated rings. The third kappa shape index (κ3) is 5.95. The maximum atomic E-state index is 10.6. The molecule has 5 N–H and O–H groups in total. The van der Waals surface area contributed by atoms with Crippen LogP contribution in [0.5, 0.6) is 0 Å². The van der Waals surface area contributed by atoms with Crippen LogP contribution in [0.4, 0.5) is 0 Å². The van der Waals surface area contributed by atoms with Gasteiger partial charge >= 0.3 is 0 Å². The highest BCUT2D eigenvalue weighted by molar-refractivity contribution is 5.85. The molecular formula is C8H18N4O. The maximum absolute atomic E-state index is 10.6. The Bertz CT molecular complexity index is 217. The molecule has 0 spiro atoms. The first-order valence-corrected chi connectivity index (χ1v) is 4.13. The summed E-state index contributed by atoms with van der Waals surface area (Å²) in [5.41, 5.74) is 10.4. The summed E-state index contributed by atoms with van der Waals surface area (Å²) in [5.74, 6) is -0.252. The van der Waals surface area contributed by atoms with Crippen LogP contribution in [-0.2, 0) is 4.79 Å². The lowest BCUT2D eigenvalue weighted by molar-refractivity contribution is -0.118. The minimum atomic E-state index is -0.588. The quantitative estimate of drug-likeness (QED) is 0.403. The second kappa shape index (κ2) is 4.11. The highest BCUT2D eigenvalue weighted by atomic mass is 16.1. The number of hydrogen-bond acceptors (Lipinski definition) is 2. The van der Waals surface area contributed by atoms with Gasteiger partial charge in [-0.25, -0.2) is 4.99 Å². The molecule has 0 saturated heterocycles. The SMILES string of the molecule is CC(N=C(N)NC(C)(C)C)C(N)=O. The molecule has 0 aliphatic carbocycles. The van der Waals surface area contributed by atoms with E-state index in [1.54, 1.807) is 6.92 Å². The molecule has 5 nitrogen and oxygen atoms in total. The Morgan fingerprint density at radius 3 is 2.15 bits per heavy atom. The van der Waals surface area contributed by atoms with Gasteiger partial charge in [0, 0.05) is 5.54 Å². The molecule has 0 aliphatic rings. The zero-order chi connectivity index (χ0) is 10.6. The van der Waals surface area contributed by atoms with E-state index in [0.29, 0.717) is 0 Å². The van der Waals surface area contributed by atoms with Gasteiger partial charge in [-0.1, -0.05) is 0 Å². The lowest BCUT2D eigenvalue weighted by atomic mass is 10.1. The lowest BCUT2D eigenvalue weighted by Gasteiger charge is -2.21. The van der Waals surface area contributed by atoms with Crippen LogP contribution in [0.3, 0.4) is 0 Å². The van der Waals surface area contributed by atoms with Crippen molar-refractivity contribution >= 4 is 11.9 Å². The van der Waals surface area contributed by atoms with Crippen LogP contribution < -0.4 is 16.8 Å². The molecule has 0 aliphatic heterocycles. The van der Waals surface area contributed by atoms with E-state index in [-0.39, 0.29) is 11.5 Å². The summed E-state index contributed by atoms with van der Waals surface area (Å²) in [5, 5.41) is 2.92. The van der Waals surface area contributed by atoms with Gasteiger partial charge in [0.25, 0.3) is 0 Å². The van der Waals surface area contributed by atoms with E-state index < -0.39 is 11.9 Å². The zero-order valence-corrected chi connectivity index (χ0v) is 8.59. The Hall–Kier alpha value is -1.26. The standard InChI is InChI=1S/C8H18N4O/c1-5(6(9)13)11-7(10)12-8(2,3)4/h5H,1-4H3,(H2,9,13)(H3,10,11,12). The van der Waals surface area contributed by atoms with Gasteiger partial charge in [0.2, 0.25) is 5.91 Å². The van der Waals surface area contributed by atoms with Crippen molar-refractivity contribution in [2.24, 2.45) is 16.5 Å². The number of amides is 1. The molecule has 1 atom stereocenters. The van der Waals surface area contributed by atoms with Gasteiger partial charge in [-0.15, -0.1) is 0 Å². The van der Waals surface area contributed by atoms with Crippen molar-refractivity contribution < 1.29 is 4.79 Å². The van der Waals surface area contributed by atoms with Crippen molar-refractivity contribution in [3.63, 3.8) is 0 Å². The monoisotopic (exact) mass is 186 g/mol. The third-order valence-electron chi connectivity index (χ3n) is 1.25. The fourth-order valence-electron chi connectivity index (χ4n) is 0.689. The first-order chi connectivity index (χ1) is 5.72. The molecule has 0 aromatic heterocycles. The number of carbonyl (C=O) groups is 1. The molecule has 0 aromatic carbocycles. The van der Waals surface area contributed by atoms with Crippen LogP contribution in [0.1, 0.15) is 27.7 Å². The summed E-state index contributed by atoms with van der Waals surface area (Å²) in [4.78, 5) is 14.5. The van der Waals surface area contributed by atoms with Gasteiger partial charge in [-0.2, -0.15) is 0 Å². The second-order valence-electron chi connectivity index (χ2n) is 3.97. The number of guanidine groups is 1. The van der Waals surface area contributed by atoms with Gasteiger partial charge < -0.3 is 16.8 Å². The number of rotatable bonds is 2. The van der Waals surface area contributed by atoms with E-state index in [0.717, 1.165) is 0 Å². The fraction of sp³-hybridized carbons (Fsp3) is 0.750. The number of nitrogens with two attached hydrogens (primary N) is 2. The maximum Gasteiger partial charge on any atom is 0.242 e. The minimum Gasteiger partial charge on any atom is -0.370 e. The average molecular weight is 186 g/mol. The molecule has 0 rings (SSSR count). The van der Waals surface area contributed by atoms with Gasteiger partial charge in [0.1, 0.15) is 6.04 Å². The molecule has 0 aromatic rings. The molecule has 13 heavy (non-hydrogen) atoms. The normalized spacial score (nSPS) is 15.2. The van der Waals surface area contributed by atoms with Crippen molar-refractivity contribution in [3.05, 3.63) is 0 Å². The molecule has 5 heteroatoms. The topological polar surface area (TPSA) is 93.5 Å². The smallest absolute Gasteiger partial charge is 0.242 e. The van der Waals surface area contributed by atoms with Crippen molar-refractivity contribution in [1.82, 2.24) is 5.32 Å². The molecule has 0 bridgehead atoms. The first-order valence-electron chi connectivity index (χ1n) is 4.13. The molecule has 76 valence electrons. The molecular weight excluding hydrogens is 168 g/mol. The average Bonchev–Trinajstić information content (AvgIpc) is 1.81. The van der Waals surface area contributed by atoms with E-state index in [4.69, 9.17) is 11.5 Å². The van der Waals surface area contributed by atoms with Gasteiger partial charge in [0.05, 0.1) is 0 Å². The van der Waals surface area contributed by atoms with E-state index in [1.807, 2.05) is 20.8 Å². The zero-order valence-electron chi connectivity index (χ0n) is 8.59. The molecule has 0 saturated carbocycles. The predicted octanol–water partition coefficient (Wildman–Crippen LogP) is -0.437. The van der Waals surface area contributed by atoms with Gasteiger partial charge in [-0.05, 0) is 27.7 Å². The van der Waals surface area contributed by atoms with Crippen LogP contribution in [0.15, 0.2) is 4.99 Å². The summed E-state index contributed by atoms with van der Waals surface area (Å²) in [6.45, 7) is 7.44. The van der Waals surface area contributed by atoms with Crippen molar-refractivity contribution in [1.29, 1.82) is 0 Å². The summed E-state index contributed by atoms with van der Waals surface area (Å²) in [7, 11) is 0. The Morgan fingerprint density at radius 2 is 1.85 bits per heavy atom. The highest BCUT2D eigenvalue weighted by Gasteiger charge is 2.12. The molecule has 1 unspecified atom stereocenters. The van der Waals surface area contributed by atoms with Gasteiger partial charge in [-0.3, -0.25) is 4.79 Å². The summed E-state index contributed by atoms with van der Waals surface area (Å²) in [6, 6.07) is -0.588. The third-order valence-corrected chi connectivity index (χ3v) is 1.25. The van der Waals surface area contributed by atoms with Crippen molar-refractivity contribution in [2.45, 2.75) is 39.3 Å². The largest absolute Gasteiger partial charge is 0.370 e. The number of carbonyl (C=O) groups excluding carboxylic acids is 1. The van der Waals surface area contributed by atoms with Crippen molar-refractivity contribution in [2.75, 3.05) is 0 Å². The Balaban J connectivity index is 4.25. The van der Waals surface area contributed by atoms with Crippen LogP contribution in [0, 0.1) is 0 Å². The number of hydrogen-bond donors (Lipinski definition) is 3. The van der Waals surface area contributed by atoms with E-state index in [1.165, 1.54) is 0 Å². The number of nitrogens with one attached hydrogen (secondary N) is 1. The predicted molar refractivity (Wildman–Crippen MR) is 53.2 cm³/mol.